The number of methoxy groups -OCH3 is 1. The molecule has 1 unspecified atom stereocenters. The third-order valence-corrected chi connectivity index (χ3v) is 5.33. The summed E-state index contributed by atoms with van der Waals surface area (Å²) in [6.07, 6.45) is 3.49. The van der Waals surface area contributed by atoms with E-state index in [2.05, 4.69) is 21.3 Å². The van der Waals surface area contributed by atoms with Gasteiger partial charge in [0, 0.05) is 31.9 Å². The normalized spacial score (nSPS) is 17.0. The van der Waals surface area contributed by atoms with Crippen molar-refractivity contribution in [2.45, 2.75) is 6.04 Å². The third-order valence-electron chi connectivity index (χ3n) is 4.26. The second kappa shape index (κ2) is 8.53. The van der Waals surface area contributed by atoms with Crippen LogP contribution in [0.1, 0.15) is 0 Å². The van der Waals surface area contributed by atoms with Gasteiger partial charge < -0.3 is 19.7 Å². The fourth-order valence-electron chi connectivity index (χ4n) is 2.93. The molecule has 0 spiro atoms. The zero-order chi connectivity index (χ0) is 17.1. The molecule has 1 aliphatic rings. The van der Waals surface area contributed by atoms with Crippen molar-refractivity contribution in [2.75, 3.05) is 38.3 Å². The summed E-state index contributed by atoms with van der Waals surface area (Å²) in [5.74, 6) is 1.63. The first-order valence-corrected chi connectivity index (χ1v) is 9.10. The minimum atomic E-state index is 0. The highest BCUT2D eigenvalue weighted by atomic mass is 35.5. The molecule has 2 aromatic heterocycles. The number of piperazine rings is 1. The van der Waals surface area contributed by atoms with Crippen LogP contribution in [0, 0.1) is 0 Å². The highest BCUT2D eigenvalue weighted by molar-refractivity contribution is 7.22. The number of nitrogens with zero attached hydrogens (tertiary/aromatic N) is 3. The average Bonchev–Trinajstić information content (AvgIpc) is 3.10. The summed E-state index contributed by atoms with van der Waals surface area (Å²) in [4.78, 5) is 11.3. The average molecular weight is 393 g/mol. The lowest BCUT2D eigenvalue weighted by Gasteiger charge is -2.35. The molecule has 6 nitrogen and oxygen atoms in total. The van der Waals surface area contributed by atoms with Gasteiger partial charge in [-0.3, -0.25) is 4.98 Å². The van der Waals surface area contributed by atoms with Crippen molar-refractivity contribution in [2.24, 2.45) is 0 Å². The smallest absolute Gasteiger partial charge is 0.186 e. The van der Waals surface area contributed by atoms with Crippen molar-refractivity contribution in [3.63, 3.8) is 0 Å². The number of rotatable bonds is 5. The molecule has 1 saturated heterocycles. The van der Waals surface area contributed by atoms with Crippen LogP contribution in [0.5, 0.6) is 11.5 Å². The van der Waals surface area contributed by atoms with Crippen LogP contribution in [0.4, 0.5) is 5.13 Å². The van der Waals surface area contributed by atoms with Crippen molar-refractivity contribution in [1.29, 1.82) is 0 Å². The van der Waals surface area contributed by atoms with E-state index >= 15 is 0 Å². The van der Waals surface area contributed by atoms with E-state index < -0.39 is 0 Å². The Labute approximate surface area is 162 Å². The summed E-state index contributed by atoms with van der Waals surface area (Å²) >= 11 is 1.71. The Morgan fingerprint density at radius 2 is 2.23 bits per heavy atom. The van der Waals surface area contributed by atoms with Crippen LogP contribution in [0.2, 0.25) is 0 Å². The minimum absolute atomic E-state index is 0. The van der Waals surface area contributed by atoms with Gasteiger partial charge in [0.1, 0.15) is 18.1 Å². The lowest BCUT2D eigenvalue weighted by Crippen LogP contribution is -2.54. The van der Waals surface area contributed by atoms with Crippen LogP contribution in [0.25, 0.3) is 10.2 Å². The molecule has 1 aliphatic heterocycles. The van der Waals surface area contributed by atoms with Crippen LogP contribution in [0.3, 0.4) is 0 Å². The number of fused-ring (bicyclic) bond motifs is 1. The van der Waals surface area contributed by atoms with Gasteiger partial charge >= 0.3 is 0 Å². The summed E-state index contributed by atoms with van der Waals surface area (Å²) in [7, 11) is 1.68. The Balaban J connectivity index is 0.00000196. The molecular weight excluding hydrogens is 372 g/mol. The molecule has 138 valence electrons. The minimum Gasteiger partial charge on any atom is -0.497 e. The van der Waals surface area contributed by atoms with Gasteiger partial charge in [-0.1, -0.05) is 11.3 Å². The molecule has 0 amide bonds. The predicted octanol–water partition coefficient (Wildman–Crippen LogP) is 2.98. The maximum absolute atomic E-state index is 5.92. The van der Waals surface area contributed by atoms with Crippen LogP contribution < -0.4 is 19.7 Å². The molecule has 3 aromatic rings. The monoisotopic (exact) mass is 392 g/mol. The quantitative estimate of drug-likeness (QED) is 0.720. The Morgan fingerprint density at radius 1 is 1.31 bits per heavy atom. The SMILES string of the molecule is COc1ccc2sc(N3CCNCC3COc3cccnc3)nc2c1.Cl. The van der Waals surface area contributed by atoms with Gasteiger partial charge in [0.2, 0.25) is 0 Å². The van der Waals surface area contributed by atoms with Crippen molar-refractivity contribution in [3.05, 3.63) is 42.7 Å². The van der Waals surface area contributed by atoms with Crippen LogP contribution in [-0.2, 0) is 0 Å². The van der Waals surface area contributed by atoms with Crippen LogP contribution in [0.15, 0.2) is 42.7 Å². The van der Waals surface area contributed by atoms with Gasteiger partial charge in [0.05, 0.1) is 29.6 Å². The zero-order valence-corrected chi connectivity index (χ0v) is 16.1. The van der Waals surface area contributed by atoms with Crippen LogP contribution in [-0.4, -0.2) is 49.4 Å². The summed E-state index contributed by atoms with van der Waals surface area (Å²) in [6.45, 7) is 3.33. The molecule has 1 atom stereocenters. The van der Waals surface area contributed by atoms with E-state index in [1.807, 2.05) is 24.3 Å². The van der Waals surface area contributed by atoms with Gasteiger partial charge in [-0.15, -0.1) is 12.4 Å². The standard InChI is InChI=1S/C18H20N4O2S.ClH/c1-23-14-4-5-17-16(9-14)21-18(25-17)22-8-7-20-10-13(22)12-24-15-3-2-6-19-11-15;/h2-6,9,11,13,20H,7-8,10,12H2,1H3;1H. The number of anilines is 1. The maximum Gasteiger partial charge on any atom is 0.186 e. The molecule has 8 heteroatoms. The van der Waals surface area contributed by atoms with Crippen molar-refractivity contribution in [1.82, 2.24) is 15.3 Å². The molecule has 3 heterocycles. The van der Waals surface area contributed by atoms with Crippen molar-refractivity contribution >= 4 is 39.1 Å². The maximum atomic E-state index is 5.92. The Kier molecular flexibility index (Phi) is 6.13. The van der Waals surface area contributed by atoms with E-state index in [0.717, 1.165) is 41.8 Å². The van der Waals surface area contributed by atoms with E-state index in [4.69, 9.17) is 14.5 Å². The number of aromatic nitrogens is 2. The first-order valence-electron chi connectivity index (χ1n) is 8.28. The van der Waals surface area contributed by atoms with E-state index in [1.165, 1.54) is 4.70 Å². The summed E-state index contributed by atoms with van der Waals surface area (Å²) in [5.41, 5.74) is 0.977. The summed E-state index contributed by atoms with van der Waals surface area (Å²) in [6, 6.07) is 10.1. The fraction of sp³-hybridized carbons (Fsp3) is 0.333. The van der Waals surface area contributed by atoms with Crippen molar-refractivity contribution < 1.29 is 9.47 Å². The molecule has 0 aliphatic carbocycles. The highest BCUT2D eigenvalue weighted by Crippen LogP contribution is 2.32. The van der Waals surface area contributed by atoms with E-state index in [0.29, 0.717) is 6.61 Å². The van der Waals surface area contributed by atoms with Gasteiger partial charge in [0.25, 0.3) is 0 Å². The molecule has 26 heavy (non-hydrogen) atoms. The molecule has 0 saturated carbocycles. The van der Waals surface area contributed by atoms with Gasteiger partial charge in [-0.25, -0.2) is 4.98 Å². The number of thiazole rings is 1. The summed E-state index contributed by atoms with van der Waals surface area (Å²) < 4.78 is 12.4. The van der Waals surface area contributed by atoms with E-state index in [9.17, 15) is 0 Å². The predicted molar refractivity (Wildman–Crippen MR) is 107 cm³/mol. The molecule has 0 radical (unpaired) electrons. The van der Waals surface area contributed by atoms with E-state index in [1.54, 1.807) is 30.8 Å². The number of hydrogen-bond donors (Lipinski definition) is 1. The number of nitrogens with one attached hydrogen (secondary N) is 1. The Hall–Kier alpha value is -2.09. The third kappa shape index (κ3) is 4.00. The number of benzene rings is 1. The zero-order valence-electron chi connectivity index (χ0n) is 14.4. The second-order valence-electron chi connectivity index (χ2n) is 5.88. The number of hydrogen-bond acceptors (Lipinski definition) is 7. The molecule has 1 fully saturated rings. The Morgan fingerprint density at radius 3 is 3.04 bits per heavy atom. The number of ether oxygens (including phenoxy) is 2. The lowest BCUT2D eigenvalue weighted by molar-refractivity contribution is 0.266. The van der Waals surface area contributed by atoms with Gasteiger partial charge in [0.15, 0.2) is 5.13 Å². The largest absolute Gasteiger partial charge is 0.497 e. The Bertz CT molecular complexity index is 846. The molecular formula is C18H21ClN4O2S. The number of halogens is 1. The van der Waals surface area contributed by atoms with Crippen LogP contribution >= 0.6 is 23.7 Å². The lowest BCUT2D eigenvalue weighted by atomic mass is 10.2. The molecule has 4 rings (SSSR count). The van der Waals surface area contributed by atoms with E-state index in [-0.39, 0.29) is 18.4 Å². The number of pyridine rings is 1. The van der Waals surface area contributed by atoms with Crippen molar-refractivity contribution in [3.8, 4) is 11.5 Å². The first-order chi connectivity index (χ1) is 12.3. The summed E-state index contributed by atoms with van der Waals surface area (Å²) in [5, 5.41) is 4.47. The molecule has 1 N–H and O–H groups in total. The molecule has 1 aromatic carbocycles. The molecule has 0 bridgehead atoms. The fourth-order valence-corrected chi connectivity index (χ4v) is 3.97. The first kappa shape index (κ1) is 18.7. The van der Waals surface area contributed by atoms with Gasteiger partial charge in [-0.05, 0) is 24.3 Å². The topological polar surface area (TPSA) is 59.5 Å². The van der Waals surface area contributed by atoms with Gasteiger partial charge in [-0.2, -0.15) is 0 Å². The highest BCUT2D eigenvalue weighted by Gasteiger charge is 2.25. The second-order valence-corrected chi connectivity index (χ2v) is 6.89.